The fourth-order valence-electron chi connectivity index (χ4n) is 2.66. The van der Waals surface area contributed by atoms with Gasteiger partial charge in [0.1, 0.15) is 0 Å². The summed E-state index contributed by atoms with van der Waals surface area (Å²) in [7, 11) is 1.47. The number of benzene rings is 1. The van der Waals surface area contributed by atoms with Crippen molar-refractivity contribution in [3.8, 4) is 5.75 Å². The molecule has 1 aliphatic heterocycles. The number of hydrogen-bond donors (Lipinski definition) is 0. The molecule has 0 bridgehead atoms. The van der Waals surface area contributed by atoms with Crippen molar-refractivity contribution < 1.29 is 18.7 Å². The van der Waals surface area contributed by atoms with Crippen molar-refractivity contribution in [1.82, 2.24) is 4.90 Å². The number of piperidine rings is 1. The molecule has 1 heterocycles. The van der Waals surface area contributed by atoms with Gasteiger partial charge in [0.2, 0.25) is 0 Å². The third kappa shape index (κ3) is 3.94. The van der Waals surface area contributed by atoms with Gasteiger partial charge < -0.3 is 9.47 Å². The predicted molar refractivity (Wildman–Crippen MR) is 77.6 cm³/mol. The topological polar surface area (TPSA) is 38.8 Å². The molecular weight excluding hydrogens is 273 g/mol. The maximum absolute atomic E-state index is 14.1. The van der Waals surface area contributed by atoms with Gasteiger partial charge in [0.15, 0.2) is 11.6 Å². The van der Waals surface area contributed by atoms with E-state index < -0.39 is 0 Å². The first-order chi connectivity index (χ1) is 10.2. The van der Waals surface area contributed by atoms with E-state index in [1.807, 2.05) is 6.92 Å². The van der Waals surface area contributed by atoms with Crippen LogP contribution >= 0.6 is 0 Å². The molecule has 116 valence electrons. The molecule has 0 saturated carbocycles. The highest BCUT2D eigenvalue weighted by Gasteiger charge is 2.26. The zero-order valence-corrected chi connectivity index (χ0v) is 12.6. The summed E-state index contributed by atoms with van der Waals surface area (Å²) in [5.74, 6) is -0.150. The van der Waals surface area contributed by atoms with Crippen LogP contribution in [0, 0.1) is 11.7 Å². The molecule has 4 nitrogen and oxygen atoms in total. The van der Waals surface area contributed by atoms with Crippen LogP contribution in [0.5, 0.6) is 5.75 Å². The molecule has 1 saturated heterocycles. The molecule has 0 atom stereocenters. The highest BCUT2D eigenvalue weighted by Crippen LogP contribution is 2.24. The summed E-state index contributed by atoms with van der Waals surface area (Å²) in [6.45, 7) is 4.34. The minimum Gasteiger partial charge on any atom is -0.494 e. The van der Waals surface area contributed by atoms with E-state index in [0.29, 0.717) is 18.7 Å². The molecule has 21 heavy (non-hydrogen) atoms. The van der Waals surface area contributed by atoms with E-state index in [2.05, 4.69) is 4.90 Å². The molecule has 1 fully saturated rings. The van der Waals surface area contributed by atoms with E-state index >= 15 is 0 Å². The normalized spacial score (nSPS) is 16.7. The van der Waals surface area contributed by atoms with Gasteiger partial charge >= 0.3 is 5.97 Å². The van der Waals surface area contributed by atoms with Crippen LogP contribution in [-0.2, 0) is 16.1 Å². The second-order valence-corrected chi connectivity index (χ2v) is 5.24. The monoisotopic (exact) mass is 295 g/mol. The molecule has 0 unspecified atom stereocenters. The van der Waals surface area contributed by atoms with E-state index in [4.69, 9.17) is 9.47 Å². The second kappa shape index (κ2) is 7.41. The molecule has 0 spiro atoms. The lowest BCUT2D eigenvalue weighted by Crippen LogP contribution is -2.36. The lowest BCUT2D eigenvalue weighted by atomic mass is 9.96. The number of halogens is 1. The van der Waals surface area contributed by atoms with Crippen LogP contribution in [0.25, 0.3) is 0 Å². The van der Waals surface area contributed by atoms with Gasteiger partial charge in [-0.15, -0.1) is 0 Å². The fraction of sp³-hybridized carbons (Fsp3) is 0.562. The van der Waals surface area contributed by atoms with Crippen molar-refractivity contribution in [3.63, 3.8) is 0 Å². The summed E-state index contributed by atoms with van der Waals surface area (Å²) in [6.07, 6.45) is 1.54. The predicted octanol–water partition coefficient (Wildman–Crippen LogP) is 2.61. The van der Waals surface area contributed by atoms with E-state index in [1.54, 1.807) is 18.2 Å². The van der Waals surface area contributed by atoms with Gasteiger partial charge in [-0.05, 0) is 38.9 Å². The average Bonchev–Trinajstić information content (AvgIpc) is 2.50. The van der Waals surface area contributed by atoms with Crippen molar-refractivity contribution in [2.45, 2.75) is 26.3 Å². The average molecular weight is 295 g/mol. The summed E-state index contributed by atoms with van der Waals surface area (Å²) in [5.41, 5.74) is 0.629. The Kier molecular flexibility index (Phi) is 5.56. The number of hydrogen-bond acceptors (Lipinski definition) is 4. The Labute approximate surface area is 124 Å². The third-order valence-corrected chi connectivity index (χ3v) is 3.86. The summed E-state index contributed by atoms with van der Waals surface area (Å²) >= 11 is 0. The molecule has 0 N–H and O–H groups in total. The van der Waals surface area contributed by atoms with Crippen LogP contribution in [-0.4, -0.2) is 37.7 Å². The van der Waals surface area contributed by atoms with Gasteiger partial charge in [0, 0.05) is 12.1 Å². The maximum atomic E-state index is 14.1. The van der Waals surface area contributed by atoms with Crippen LogP contribution in [0.1, 0.15) is 25.3 Å². The molecule has 1 aromatic rings. The highest BCUT2D eigenvalue weighted by atomic mass is 19.1. The molecule has 2 rings (SSSR count). The van der Waals surface area contributed by atoms with E-state index in [1.165, 1.54) is 7.11 Å². The lowest BCUT2D eigenvalue weighted by molar-refractivity contribution is -0.149. The minimum absolute atomic E-state index is 0.0173. The first kappa shape index (κ1) is 15.8. The quantitative estimate of drug-likeness (QED) is 0.783. The summed E-state index contributed by atoms with van der Waals surface area (Å²) in [6, 6.07) is 5.18. The largest absolute Gasteiger partial charge is 0.494 e. The van der Waals surface area contributed by atoms with Crippen LogP contribution in [0.3, 0.4) is 0 Å². The molecule has 0 amide bonds. The summed E-state index contributed by atoms with van der Waals surface area (Å²) < 4.78 is 24.2. The number of likely N-dealkylation sites (tertiary alicyclic amines) is 1. The highest BCUT2D eigenvalue weighted by molar-refractivity contribution is 5.72. The van der Waals surface area contributed by atoms with Crippen molar-refractivity contribution in [1.29, 1.82) is 0 Å². The number of esters is 1. The first-order valence-corrected chi connectivity index (χ1v) is 7.36. The van der Waals surface area contributed by atoms with Crippen LogP contribution in [0.2, 0.25) is 0 Å². The van der Waals surface area contributed by atoms with Crippen molar-refractivity contribution in [3.05, 3.63) is 29.6 Å². The Morgan fingerprint density at radius 3 is 2.71 bits per heavy atom. The molecule has 0 radical (unpaired) electrons. The molecular formula is C16H22FNO3. The summed E-state index contributed by atoms with van der Waals surface area (Å²) in [5, 5.41) is 0. The Bertz CT molecular complexity index is 484. The number of nitrogens with zero attached hydrogens (tertiary/aromatic N) is 1. The first-order valence-electron chi connectivity index (χ1n) is 7.36. The molecule has 5 heteroatoms. The van der Waals surface area contributed by atoms with E-state index in [-0.39, 0.29) is 23.5 Å². The van der Waals surface area contributed by atoms with Crippen molar-refractivity contribution in [2.75, 3.05) is 26.8 Å². The number of methoxy groups -OCH3 is 1. The molecule has 0 aromatic heterocycles. The van der Waals surface area contributed by atoms with Gasteiger partial charge in [0.25, 0.3) is 0 Å². The Morgan fingerprint density at radius 1 is 1.38 bits per heavy atom. The van der Waals surface area contributed by atoms with Crippen LogP contribution in [0.15, 0.2) is 18.2 Å². The standard InChI is InChI=1S/C16H22FNO3/c1-3-21-16(19)12-7-9-18(10-8-12)11-13-5-4-6-14(20-2)15(13)17/h4-6,12H,3,7-11H2,1-2H3. The second-order valence-electron chi connectivity index (χ2n) is 5.24. The Hall–Kier alpha value is -1.62. The smallest absolute Gasteiger partial charge is 0.309 e. The molecule has 1 aromatic carbocycles. The van der Waals surface area contributed by atoms with Crippen molar-refractivity contribution >= 4 is 5.97 Å². The van der Waals surface area contributed by atoms with Gasteiger partial charge in [-0.3, -0.25) is 9.69 Å². The number of carbonyl (C=O) groups is 1. The Balaban J connectivity index is 1.90. The van der Waals surface area contributed by atoms with E-state index in [9.17, 15) is 9.18 Å². The fourth-order valence-corrected chi connectivity index (χ4v) is 2.66. The Morgan fingerprint density at radius 2 is 2.10 bits per heavy atom. The maximum Gasteiger partial charge on any atom is 0.309 e. The van der Waals surface area contributed by atoms with E-state index in [0.717, 1.165) is 25.9 Å². The number of ether oxygens (including phenoxy) is 2. The van der Waals surface area contributed by atoms with Gasteiger partial charge in [-0.2, -0.15) is 0 Å². The molecule has 1 aliphatic rings. The summed E-state index contributed by atoms with van der Waals surface area (Å²) in [4.78, 5) is 13.8. The van der Waals surface area contributed by atoms with Crippen LogP contribution < -0.4 is 4.74 Å². The van der Waals surface area contributed by atoms with Crippen LogP contribution in [0.4, 0.5) is 4.39 Å². The molecule has 0 aliphatic carbocycles. The zero-order valence-electron chi connectivity index (χ0n) is 12.6. The minimum atomic E-state index is -0.299. The number of carbonyl (C=O) groups excluding carboxylic acids is 1. The van der Waals surface area contributed by atoms with Gasteiger partial charge in [0.05, 0.1) is 19.6 Å². The lowest BCUT2D eigenvalue weighted by Gasteiger charge is -2.30. The third-order valence-electron chi connectivity index (χ3n) is 3.86. The van der Waals surface area contributed by atoms with Gasteiger partial charge in [-0.25, -0.2) is 4.39 Å². The SMILES string of the molecule is CCOC(=O)C1CCN(Cc2cccc(OC)c2F)CC1. The number of rotatable bonds is 5. The van der Waals surface area contributed by atoms with Gasteiger partial charge in [-0.1, -0.05) is 12.1 Å². The zero-order chi connectivity index (χ0) is 15.2. The van der Waals surface area contributed by atoms with Crippen molar-refractivity contribution in [2.24, 2.45) is 5.92 Å².